The minimum absolute atomic E-state index is 0.165. The monoisotopic (exact) mass is 481 g/mol. The average molecular weight is 482 g/mol. The van der Waals surface area contributed by atoms with Crippen LogP contribution in [-0.4, -0.2) is 36.6 Å². The van der Waals surface area contributed by atoms with Crippen molar-refractivity contribution >= 4 is 40.5 Å². The maximum atomic E-state index is 13.5. The fourth-order valence-electron chi connectivity index (χ4n) is 4.30. The first-order valence-corrected chi connectivity index (χ1v) is 11.3. The molecule has 180 valence electrons. The van der Waals surface area contributed by atoms with Gasteiger partial charge in [-0.25, -0.2) is 9.69 Å². The number of para-hydroxylation sites is 1. The van der Waals surface area contributed by atoms with Crippen molar-refractivity contribution in [2.24, 2.45) is 0 Å². The number of aromatic nitrogens is 1. The number of fused-ring (bicyclic) bond motifs is 1. The largest absolute Gasteiger partial charge is 0.497 e. The number of nitrogens with one attached hydrogen (secondary N) is 1. The van der Waals surface area contributed by atoms with Gasteiger partial charge in [-0.1, -0.05) is 48.5 Å². The predicted octanol–water partition coefficient (Wildman–Crippen LogP) is 4.37. The third-order valence-electron chi connectivity index (χ3n) is 6.04. The van der Waals surface area contributed by atoms with Crippen molar-refractivity contribution in [3.8, 4) is 11.5 Å². The lowest BCUT2D eigenvalue weighted by Gasteiger charge is -2.27. The van der Waals surface area contributed by atoms with Gasteiger partial charge in [0, 0.05) is 35.3 Å². The highest BCUT2D eigenvalue weighted by Gasteiger charge is 2.38. The number of nitrogens with zero attached hydrogens (tertiary/aromatic N) is 2. The van der Waals surface area contributed by atoms with Gasteiger partial charge in [0.15, 0.2) is 0 Å². The zero-order chi connectivity index (χ0) is 25.2. The van der Waals surface area contributed by atoms with Crippen LogP contribution in [0.3, 0.4) is 0 Å². The Morgan fingerprint density at radius 3 is 2.39 bits per heavy atom. The molecule has 0 spiro atoms. The van der Waals surface area contributed by atoms with E-state index < -0.39 is 17.8 Å². The van der Waals surface area contributed by atoms with Crippen LogP contribution >= 0.6 is 0 Å². The molecule has 3 aromatic carbocycles. The van der Waals surface area contributed by atoms with Gasteiger partial charge >= 0.3 is 6.03 Å². The molecule has 4 amide bonds. The summed E-state index contributed by atoms with van der Waals surface area (Å²) < 4.78 is 12.7. The second kappa shape index (κ2) is 9.42. The quantitative estimate of drug-likeness (QED) is 0.326. The number of carbonyl (C=O) groups excluding carboxylic acids is 3. The van der Waals surface area contributed by atoms with Crippen LogP contribution in [0.25, 0.3) is 17.0 Å². The summed E-state index contributed by atoms with van der Waals surface area (Å²) in [4.78, 5) is 40.0. The van der Waals surface area contributed by atoms with Gasteiger partial charge in [0.2, 0.25) is 0 Å². The van der Waals surface area contributed by atoms with E-state index in [1.807, 2.05) is 60.8 Å². The third kappa shape index (κ3) is 4.09. The van der Waals surface area contributed by atoms with Crippen LogP contribution in [0.5, 0.6) is 11.5 Å². The fourth-order valence-corrected chi connectivity index (χ4v) is 4.30. The number of anilines is 1. The van der Waals surface area contributed by atoms with Crippen molar-refractivity contribution < 1.29 is 23.9 Å². The number of imide groups is 2. The second-order valence-electron chi connectivity index (χ2n) is 8.21. The number of benzene rings is 3. The number of hydrogen-bond acceptors (Lipinski definition) is 5. The number of ether oxygens (including phenoxy) is 2. The molecule has 1 aromatic heterocycles. The molecule has 8 nitrogen and oxygen atoms in total. The summed E-state index contributed by atoms with van der Waals surface area (Å²) in [5.41, 5.74) is 2.77. The van der Waals surface area contributed by atoms with Crippen molar-refractivity contribution in [1.82, 2.24) is 9.88 Å². The van der Waals surface area contributed by atoms with E-state index in [-0.39, 0.29) is 17.0 Å². The highest BCUT2D eigenvalue weighted by molar-refractivity contribution is 6.39. The van der Waals surface area contributed by atoms with Crippen molar-refractivity contribution in [3.63, 3.8) is 0 Å². The highest BCUT2D eigenvalue weighted by Crippen LogP contribution is 2.35. The second-order valence-corrected chi connectivity index (χ2v) is 8.21. The van der Waals surface area contributed by atoms with Gasteiger partial charge in [0.1, 0.15) is 17.1 Å². The minimum Gasteiger partial charge on any atom is -0.497 e. The zero-order valence-electron chi connectivity index (χ0n) is 19.7. The van der Waals surface area contributed by atoms with Crippen LogP contribution in [0.4, 0.5) is 10.5 Å². The molecule has 2 heterocycles. The van der Waals surface area contributed by atoms with Crippen LogP contribution in [-0.2, 0) is 16.1 Å². The molecule has 0 radical (unpaired) electrons. The summed E-state index contributed by atoms with van der Waals surface area (Å²) in [6, 6.07) is 21.6. The number of hydrogen-bond donors (Lipinski definition) is 1. The standard InChI is InChI=1S/C28H23N3O5/c1-35-20-12-13-25(36-2)24(15-20)31-27(33)22(26(32)29-28(31)34)14-19-17-30(16-18-8-4-3-5-9-18)23-11-7-6-10-21(19)23/h3-15,17H,16H2,1-2H3,(H,29,32,34)/b22-14-. The molecule has 1 aliphatic heterocycles. The van der Waals surface area contributed by atoms with E-state index in [4.69, 9.17) is 9.47 Å². The molecule has 0 unspecified atom stereocenters. The zero-order valence-corrected chi connectivity index (χ0v) is 19.7. The average Bonchev–Trinajstić information content (AvgIpc) is 3.24. The van der Waals surface area contributed by atoms with Gasteiger partial charge in [-0.05, 0) is 29.8 Å². The van der Waals surface area contributed by atoms with E-state index in [2.05, 4.69) is 9.88 Å². The SMILES string of the molecule is COc1ccc(OC)c(N2C(=O)NC(=O)/C(=C/c3cn(Cc4ccccc4)c4ccccc34)C2=O)c1. The Hall–Kier alpha value is -4.85. The molecule has 1 aliphatic rings. The molecule has 1 fully saturated rings. The van der Waals surface area contributed by atoms with Crippen LogP contribution in [0, 0.1) is 0 Å². The minimum atomic E-state index is -0.861. The summed E-state index contributed by atoms with van der Waals surface area (Å²) in [7, 11) is 2.91. The first kappa shape index (κ1) is 22.9. The normalized spacial score (nSPS) is 14.9. The summed E-state index contributed by atoms with van der Waals surface area (Å²) in [5.74, 6) is -0.802. The van der Waals surface area contributed by atoms with Crippen LogP contribution in [0.15, 0.2) is 84.6 Å². The summed E-state index contributed by atoms with van der Waals surface area (Å²) in [5, 5.41) is 3.15. The molecule has 0 aliphatic carbocycles. The first-order chi connectivity index (χ1) is 17.5. The van der Waals surface area contributed by atoms with E-state index in [1.54, 1.807) is 12.1 Å². The van der Waals surface area contributed by atoms with Gasteiger partial charge < -0.3 is 14.0 Å². The number of amides is 4. The van der Waals surface area contributed by atoms with Crippen molar-refractivity contribution in [2.75, 3.05) is 19.1 Å². The number of rotatable bonds is 6. The van der Waals surface area contributed by atoms with E-state index in [0.717, 1.165) is 21.4 Å². The third-order valence-corrected chi connectivity index (χ3v) is 6.04. The molecule has 0 bridgehead atoms. The Morgan fingerprint density at radius 1 is 0.889 bits per heavy atom. The molecular weight excluding hydrogens is 458 g/mol. The molecule has 1 N–H and O–H groups in total. The number of urea groups is 1. The van der Waals surface area contributed by atoms with Crippen LogP contribution in [0.1, 0.15) is 11.1 Å². The predicted molar refractivity (Wildman–Crippen MR) is 136 cm³/mol. The maximum Gasteiger partial charge on any atom is 0.336 e. The lowest BCUT2D eigenvalue weighted by atomic mass is 10.1. The van der Waals surface area contributed by atoms with Gasteiger partial charge in [0.25, 0.3) is 11.8 Å². The highest BCUT2D eigenvalue weighted by atomic mass is 16.5. The fraction of sp³-hybridized carbons (Fsp3) is 0.107. The molecule has 1 saturated heterocycles. The Morgan fingerprint density at radius 2 is 1.64 bits per heavy atom. The lowest BCUT2D eigenvalue weighted by molar-refractivity contribution is -0.122. The number of barbiturate groups is 1. The molecule has 0 atom stereocenters. The van der Waals surface area contributed by atoms with E-state index in [1.165, 1.54) is 26.4 Å². The maximum absolute atomic E-state index is 13.5. The first-order valence-electron chi connectivity index (χ1n) is 11.3. The Labute approximate surface area is 207 Å². The molecule has 4 aromatic rings. The summed E-state index contributed by atoms with van der Waals surface area (Å²) in [6.45, 7) is 0.621. The van der Waals surface area contributed by atoms with E-state index in [9.17, 15) is 14.4 Å². The molecule has 5 rings (SSSR count). The van der Waals surface area contributed by atoms with Gasteiger partial charge in [-0.2, -0.15) is 0 Å². The summed E-state index contributed by atoms with van der Waals surface area (Å²) >= 11 is 0. The topological polar surface area (TPSA) is 89.9 Å². The van der Waals surface area contributed by atoms with Crippen LogP contribution in [0.2, 0.25) is 0 Å². The molecule has 0 saturated carbocycles. The van der Waals surface area contributed by atoms with Gasteiger partial charge in [0.05, 0.1) is 19.9 Å². The molecule has 36 heavy (non-hydrogen) atoms. The van der Waals surface area contributed by atoms with Crippen molar-refractivity contribution in [1.29, 1.82) is 0 Å². The molecule has 8 heteroatoms. The van der Waals surface area contributed by atoms with E-state index >= 15 is 0 Å². The Bertz CT molecular complexity index is 1520. The Kier molecular flexibility index (Phi) is 6.00. The smallest absolute Gasteiger partial charge is 0.336 e. The van der Waals surface area contributed by atoms with Crippen molar-refractivity contribution in [2.45, 2.75) is 6.54 Å². The van der Waals surface area contributed by atoms with Crippen LogP contribution < -0.4 is 19.7 Å². The summed E-state index contributed by atoms with van der Waals surface area (Å²) in [6.07, 6.45) is 3.42. The van der Waals surface area contributed by atoms with E-state index in [0.29, 0.717) is 17.9 Å². The number of methoxy groups -OCH3 is 2. The number of carbonyl (C=O) groups is 3. The molecular formula is C28H23N3O5. The lowest BCUT2D eigenvalue weighted by Crippen LogP contribution is -2.54. The van der Waals surface area contributed by atoms with Crippen molar-refractivity contribution in [3.05, 3.63) is 95.7 Å². The Balaban J connectivity index is 1.59. The van der Waals surface area contributed by atoms with Gasteiger partial charge in [-0.15, -0.1) is 0 Å². The van der Waals surface area contributed by atoms with Gasteiger partial charge in [-0.3, -0.25) is 14.9 Å².